The van der Waals surface area contributed by atoms with Crippen molar-refractivity contribution in [3.8, 4) is 0 Å². The van der Waals surface area contributed by atoms with Crippen LogP contribution in [-0.2, 0) is 17.1 Å². The number of pyridine rings is 1. The van der Waals surface area contributed by atoms with Gasteiger partial charge in [-0.1, -0.05) is 78.9 Å². The van der Waals surface area contributed by atoms with E-state index in [1.807, 2.05) is 28.9 Å². The molecule has 0 fully saturated rings. The molecule has 0 spiro atoms. The van der Waals surface area contributed by atoms with Crippen molar-refractivity contribution in [3.63, 3.8) is 0 Å². The van der Waals surface area contributed by atoms with E-state index in [-0.39, 0.29) is 17.1 Å². The van der Waals surface area contributed by atoms with Gasteiger partial charge in [-0.2, -0.15) is 0 Å². The summed E-state index contributed by atoms with van der Waals surface area (Å²) in [5.41, 5.74) is 0.970. The second kappa shape index (κ2) is 14.4. The van der Waals surface area contributed by atoms with Crippen LogP contribution in [0.15, 0.2) is 164 Å². The molecular formula is C36H31CuN2P2+2. The number of nitrogens with zero attached hydrogens (tertiary/aromatic N) is 2. The minimum atomic E-state index is -0.847. The molecule has 0 unspecified atom stereocenters. The standard InChI is InChI=1S/C25H22P2.C11H7N2.Cu/c1-5-13-22(14-6-1)26(23-15-7-2-8-16-23)21-27(24-17-9-3-10-18-24)25-19-11-4-12-20-25;1-2-4-10-9(3-1)5-7-13-8-6-12-11(10)13;/h1-20H,21H2;1-3,5-8H;/q;-1;+1/p+2. The molecule has 2 aromatic heterocycles. The average molecular weight is 617 g/mol. The molecule has 0 amide bonds. The first-order valence-corrected chi connectivity index (χ1v) is 16.9. The summed E-state index contributed by atoms with van der Waals surface area (Å²) < 4.78 is 2.00. The Bertz CT molecular complexity index is 1620. The van der Waals surface area contributed by atoms with Crippen molar-refractivity contribution in [1.29, 1.82) is 0 Å². The van der Waals surface area contributed by atoms with Crippen LogP contribution in [0.1, 0.15) is 0 Å². The van der Waals surface area contributed by atoms with E-state index in [9.17, 15) is 0 Å². The number of imidazole rings is 1. The molecule has 5 heteroatoms. The molecule has 41 heavy (non-hydrogen) atoms. The van der Waals surface area contributed by atoms with Gasteiger partial charge in [-0.05, 0) is 54.7 Å². The molecule has 0 saturated carbocycles. The molecule has 0 bridgehead atoms. The summed E-state index contributed by atoms with van der Waals surface area (Å²) in [6.45, 7) is 0. The van der Waals surface area contributed by atoms with E-state index in [1.165, 1.54) is 32.5 Å². The van der Waals surface area contributed by atoms with Crippen LogP contribution in [-0.4, -0.2) is 15.3 Å². The largest absolute Gasteiger partial charge is 1.00 e. The van der Waals surface area contributed by atoms with Crippen LogP contribution >= 0.6 is 15.8 Å². The number of hydrogen-bond donors (Lipinski definition) is 0. The second-order valence-electron chi connectivity index (χ2n) is 9.57. The van der Waals surface area contributed by atoms with Crippen molar-refractivity contribution < 1.29 is 17.1 Å². The van der Waals surface area contributed by atoms with Gasteiger partial charge < -0.3 is 4.40 Å². The predicted molar refractivity (Wildman–Crippen MR) is 177 cm³/mol. The van der Waals surface area contributed by atoms with Crippen LogP contribution in [0.5, 0.6) is 0 Å². The maximum absolute atomic E-state index is 4.28. The van der Waals surface area contributed by atoms with E-state index in [0.717, 1.165) is 11.0 Å². The number of hydrogen-bond acceptors (Lipinski definition) is 1. The van der Waals surface area contributed by atoms with Crippen LogP contribution in [0.4, 0.5) is 0 Å². The fraction of sp³-hybridized carbons (Fsp3) is 0.0278. The summed E-state index contributed by atoms with van der Waals surface area (Å²) in [5.74, 6) is 1.25. The Morgan fingerprint density at radius 1 is 0.537 bits per heavy atom. The second-order valence-corrected chi connectivity index (χ2v) is 15.2. The summed E-state index contributed by atoms with van der Waals surface area (Å²) in [6, 6.07) is 55.7. The van der Waals surface area contributed by atoms with Gasteiger partial charge in [0, 0.05) is 12.4 Å². The molecule has 0 atom stereocenters. The Balaban J connectivity index is 0.000000201. The van der Waals surface area contributed by atoms with Crippen molar-refractivity contribution in [2.24, 2.45) is 0 Å². The third-order valence-electron chi connectivity index (χ3n) is 7.04. The average Bonchev–Trinajstić information content (AvgIpc) is 3.54. The molecule has 7 rings (SSSR count). The van der Waals surface area contributed by atoms with Gasteiger partial charge in [-0.25, -0.2) is 0 Å². The zero-order valence-corrected chi connectivity index (χ0v) is 25.4. The maximum Gasteiger partial charge on any atom is 1.00 e. The number of fused-ring (bicyclic) bond motifs is 3. The minimum absolute atomic E-state index is 0. The van der Waals surface area contributed by atoms with Gasteiger partial charge >= 0.3 is 17.1 Å². The van der Waals surface area contributed by atoms with E-state index in [0.29, 0.717) is 0 Å². The molecule has 2 nitrogen and oxygen atoms in total. The fourth-order valence-corrected chi connectivity index (χ4v) is 12.8. The van der Waals surface area contributed by atoms with Gasteiger partial charge in [-0.3, -0.25) is 4.98 Å². The molecule has 5 aromatic carbocycles. The molecule has 0 saturated heterocycles. The molecule has 0 aliphatic heterocycles. The van der Waals surface area contributed by atoms with Crippen molar-refractivity contribution in [2.45, 2.75) is 0 Å². The van der Waals surface area contributed by atoms with Crippen molar-refractivity contribution >= 4 is 53.5 Å². The quantitative estimate of drug-likeness (QED) is 0.112. The Labute approximate surface area is 255 Å². The summed E-state index contributed by atoms with van der Waals surface area (Å²) in [7, 11) is -1.69. The SMILES string of the molecule is [Cu+].[c-]1cccc2ccn3ccnc3c12.c1ccc([PH+](C[PH+](c2ccccc2)c2ccccc2)c2ccccc2)cc1. The molecule has 204 valence electrons. The van der Waals surface area contributed by atoms with E-state index in [1.54, 1.807) is 6.20 Å². The van der Waals surface area contributed by atoms with Crippen molar-refractivity contribution in [2.75, 3.05) is 5.90 Å². The smallest absolute Gasteiger partial charge is 0.347 e. The first-order valence-electron chi connectivity index (χ1n) is 13.5. The first-order chi connectivity index (χ1) is 19.9. The maximum atomic E-state index is 4.28. The Kier molecular flexibility index (Phi) is 10.1. The van der Waals surface area contributed by atoms with Crippen LogP contribution in [0.2, 0.25) is 0 Å². The summed E-state index contributed by atoms with van der Waals surface area (Å²) >= 11 is 0. The van der Waals surface area contributed by atoms with Crippen molar-refractivity contribution in [1.82, 2.24) is 9.38 Å². The Morgan fingerprint density at radius 2 is 1.00 bits per heavy atom. The molecular weight excluding hydrogens is 586 g/mol. The van der Waals surface area contributed by atoms with Crippen molar-refractivity contribution in [3.05, 3.63) is 170 Å². The zero-order valence-electron chi connectivity index (χ0n) is 22.5. The molecule has 7 aromatic rings. The van der Waals surface area contributed by atoms with E-state index in [2.05, 4.69) is 145 Å². The van der Waals surface area contributed by atoms with Gasteiger partial charge in [0.15, 0.2) is 5.90 Å². The van der Waals surface area contributed by atoms with E-state index >= 15 is 0 Å². The van der Waals surface area contributed by atoms with Crippen LogP contribution < -0.4 is 21.2 Å². The molecule has 0 N–H and O–H groups in total. The Hall–Kier alpha value is -3.57. The van der Waals surface area contributed by atoms with Gasteiger partial charge in [0.2, 0.25) is 0 Å². The van der Waals surface area contributed by atoms with Gasteiger partial charge in [-0.15, -0.1) is 35.0 Å². The summed E-state index contributed by atoms with van der Waals surface area (Å²) in [4.78, 5) is 4.28. The Morgan fingerprint density at radius 3 is 1.46 bits per heavy atom. The number of rotatable bonds is 6. The minimum Gasteiger partial charge on any atom is -0.347 e. The predicted octanol–water partition coefficient (Wildman–Crippen LogP) is 6.96. The number of aromatic nitrogens is 2. The number of benzene rings is 5. The van der Waals surface area contributed by atoms with Gasteiger partial charge in [0.1, 0.15) is 37.1 Å². The monoisotopic (exact) mass is 616 g/mol. The molecule has 0 aliphatic carbocycles. The van der Waals surface area contributed by atoms with Crippen LogP contribution in [0.25, 0.3) is 16.4 Å². The first kappa shape index (κ1) is 28.9. The van der Waals surface area contributed by atoms with E-state index < -0.39 is 15.8 Å². The molecule has 0 radical (unpaired) electrons. The van der Waals surface area contributed by atoms with E-state index in [4.69, 9.17) is 0 Å². The normalized spacial score (nSPS) is 10.8. The topological polar surface area (TPSA) is 17.3 Å². The summed E-state index contributed by atoms with van der Waals surface area (Å²) in [6.07, 6.45) is 5.75. The molecule has 0 aliphatic rings. The summed E-state index contributed by atoms with van der Waals surface area (Å²) in [5, 5.41) is 8.27. The third-order valence-corrected chi connectivity index (χ3v) is 14.0. The molecule has 2 heterocycles. The zero-order chi connectivity index (χ0) is 27.0. The van der Waals surface area contributed by atoms with Crippen LogP contribution in [0.3, 0.4) is 0 Å². The fourth-order valence-electron chi connectivity index (χ4n) is 5.05. The third kappa shape index (κ3) is 7.02. The van der Waals surface area contributed by atoms with Crippen LogP contribution in [0, 0.1) is 6.07 Å². The van der Waals surface area contributed by atoms with Gasteiger partial charge in [0.05, 0.1) is 5.65 Å². The van der Waals surface area contributed by atoms with Gasteiger partial charge in [0.25, 0.3) is 0 Å².